The average molecular weight is 303 g/mol. The Labute approximate surface area is 123 Å². The summed E-state index contributed by atoms with van der Waals surface area (Å²) in [5.41, 5.74) is 3.60. The molecule has 0 bridgehead atoms. The monoisotopic (exact) mass is 302 g/mol. The van der Waals surface area contributed by atoms with Crippen LogP contribution >= 0.6 is 10.7 Å². The molecule has 0 spiro atoms. The fourth-order valence-electron chi connectivity index (χ4n) is 2.38. The maximum atomic E-state index is 12.5. The molecule has 0 aliphatic heterocycles. The highest BCUT2D eigenvalue weighted by Gasteiger charge is 2.23. The van der Waals surface area contributed by atoms with E-state index in [2.05, 4.69) is 53.7 Å². The van der Waals surface area contributed by atoms with Crippen molar-refractivity contribution >= 4 is 19.8 Å². The van der Waals surface area contributed by atoms with Gasteiger partial charge in [-0.25, -0.2) is 0 Å². The smallest absolute Gasteiger partial charge is 0.0344 e. The van der Waals surface area contributed by atoms with E-state index in [1.807, 2.05) is 0 Å². The second-order valence-corrected chi connectivity index (χ2v) is 10.4. The molecule has 0 unspecified atom stereocenters. The van der Waals surface area contributed by atoms with Crippen molar-refractivity contribution in [2.45, 2.75) is 64.2 Å². The van der Waals surface area contributed by atoms with E-state index in [9.17, 15) is 4.21 Å². The van der Waals surface area contributed by atoms with Crippen molar-refractivity contribution in [3.05, 3.63) is 28.8 Å². The second kappa shape index (κ2) is 5.97. The standard InChI is InChI=1S/C16H27ClOS/c1-10(2)13-8-14(11(3)4)16(19(7,17)18)15(9-13)12(5)6/h8-12,19H,1-7H3. The minimum atomic E-state index is -2.78. The molecule has 0 aliphatic rings. The van der Waals surface area contributed by atoms with Crippen LogP contribution in [0.25, 0.3) is 0 Å². The Morgan fingerprint density at radius 2 is 1.26 bits per heavy atom. The molecule has 1 rings (SSSR count). The van der Waals surface area contributed by atoms with Crippen LogP contribution in [-0.2, 0) is 9.15 Å². The second-order valence-electron chi connectivity index (χ2n) is 6.33. The van der Waals surface area contributed by atoms with Gasteiger partial charge in [-0.1, -0.05) is 53.7 Å². The van der Waals surface area contributed by atoms with Gasteiger partial charge in [0.05, 0.1) is 0 Å². The van der Waals surface area contributed by atoms with Gasteiger partial charge in [-0.15, -0.1) is 0 Å². The lowest BCUT2D eigenvalue weighted by Gasteiger charge is -2.26. The molecule has 0 amide bonds. The van der Waals surface area contributed by atoms with Crippen LogP contribution in [-0.4, -0.2) is 10.5 Å². The van der Waals surface area contributed by atoms with Gasteiger partial charge in [-0.3, -0.25) is 4.21 Å². The Balaban J connectivity index is 3.71. The molecule has 1 aromatic rings. The lowest BCUT2D eigenvalue weighted by molar-refractivity contribution is 0.676. The first-order valence-electron chi connectivity index (χ1n) is 7.01. The molecular formula is C16H27ClOS. The van der Waals surface area contributed by atoms with Crippen molar-refractivity contribution in [3.63, 3.8) is 0 Å². The molecule has 0 heterocycles. The largest absolute Gasteiger partial charge is 0.266 e. The van der Waals surface area contributed by atoms with E-state index in [0.717, 1.165) is 16.0 Å². The molecule has 1 aromatic carbocycles. The van der Waals surface area contributed by atoms with Gasteiger partial charge >= 0.3 is 0 Å². The number of benzene rings is 1. The Bertz CT molecular complexity index is 468. The summed E-state index contributed by atoms with van der Waals surface area (Å²) in [6.45, 7) is 12.9. The van der Waals surface area contributed by atoms with Gasteiger partial charge in [0.1, 0.15) is 0 Å². The molecule has 0 saturated heterocycles. The third-order valence-electron chi connectivity index (χ3n) is 3.50. The highest BCUT2D eigenvalue weighted by molar-refractivity contribution is 8.23. The van der Waals surface area contributed by atoms with Crippen LogP contribution < -0.4 is 0 Å². The van der Waals surface area contributed by atoms with Crippen molar-refractivity contribution in [1.29, 1.82) is 0 Å². The summed E-state index contributed by atoms with van der Waals surface area (Å²) in [4.78, 5) is 0.892. The van der Waals surface area contributed by atoms with Crippen LogP contribution in [0, 0.1) is 0 Å². The first-order valence-corrected chi connectivity index (χ1v) is 10.1. The van der Waals surface area contributed by atoms with Crippen LogP contribution in [0.4, 0.5) is 0 Å². The number of halogens is 1. The Kier molecular flexibility index (Phi) is 5.25. The van der Waals surface area contributed by atoms with Gasteiger partial charge in [0.15, 0.2) is 0 Å². The summed E-state index contributed by atoms with van der Waals surface area (Å²) < 4.78 is 12.5. The van der Waals surface area contributed by atoms with Crippen molar-refractivity contribution in [1.82, 2.24) is 0 Å². The van der Waals surface area contributed by atoms with Gasteiger partial charge in [-0.2, -0.15) is 0 Å². The Morgan fingerprint density at radius 1 is 0.895 bits per heavy atom. The zero-order valence-electron chi connectivity index (χ0n) is 13.1. The van der Waals surface area contributed by atoms with Gasteiger partial charge < -0.3 is 0 Å². The van der Waals surface area contributed by atoms with Crippen LogP contribution in [0.3, 0.4) is 0 Å². The zero-order valence-corrected chi connectivity index (χ0v) is 14.8. The predicted octanol–water partition coefficient (Wildman–Crippen LogP) is 5.22. The predicted molar refractivity (Wildman–Crippen MR) is 88.3 cm³/mol. The number of thiol groups is 1. The molecule has 0 aromatic heterocycles. The van der Waals surface area contributed by atoms with Gasteiger partial charge in [0.25, 0.3) is 0 Å². The van der Waals surface area contributed by atoms with Crippen molar-refractivity contribution < 1.29 is 4.21 Å². The van der Waals surface area contributed by atoms with Crippen LogP contribution in [0.1, 0.15) is 76.0 Å². The third kappa shape index (κ3) is 3.82. The maximum absolute atomic E-state index is 12.5. The van der Waals surface area contributed by atoms with E-state index in [-0.39, 0.29) is 0 Å². The molecule has 0 saturated carbocycles. The zero-order chi connectivity index (χ0) is 15.0. The molecule has 1 nitrogen and oxygen atoms in total. The molecule has 110 valence electrons. The number of hydrogen-bond acceptors (Lipinski definition) is 1. The fourth-order valence-corrected chi connectivity index (χ4v) is 4.53. The molecule has 0 radical (unpaired) electrons. The summed E-state index contributed by atoms with van der Waals surface area (Å²) in [6, 6.07) is 4.38. The van der Waals surface area contributed by atoms with Crippen molar-refractivity contribution in [2.75, 3.05) is 6.26 Å². The van der Waals surface area contributed by atoms with Gasteiger partial charge in [0, 0.05) is 11.2 Å². The molecule has 0 aliphatic carbocycles. The molecule has 0 atom stereocenters. The van der Waals surface area contributed by atoms with E-state index in [4.69, 9.17) is 10.7 Å². The van der Waals surface area contributed by atoms with Gasteiger partial charge in [0.2, 0.25) is 0 Å². The van der Waals surface area contributed by atoms with E-state index in [0.29, 0.717) is 17.8 Å². The summed E-state index contributed by atoms with van der Waals surface area (Å²) in [5, 5.41) is 0. The minimum absolute atomic E-state index is 0.332. The summed E-state index contributed by atoms with van der Waals surface area (Å²) >= 11 is 0. The van der Waals surface area contributed by atoms with Crippen molar-refractivity contribution in [3.8, 4) is 0 Å². The lowest BCUT2D eigenvalue weighted by atomic mass is 9.89. The molecule has 3 heteroatoms. The molecule has 0 fully saturated rings. The maximum Gasteiger partial charge on any atom is 0.0344 e. The van der Waals surface area contributed by atoms with E-state index in [1.165, 1.54) is 5.56 Å². The normalized spacial score (nSPS) is 13.6. The fraction of sp³-hybridized carbons (Fsp3) is 0.625. The quantitative estimate of drug-likeness (QED) is 0.596. The molecule has 0 N–H and O–H groups in total. The highest BCUT2D eigenvalue weighted by Crippen LogP contribution is 2.38. The molecule has 19 heavy (non-hydrogen) atoms. The Hall–Kier alpha value is -0.340. The Morgan fingerprint density at radius 3 is 1.47 bits per heavy atom. The summed E-state index contributed by atoms with van der Waals surface area (Å²) in [6.07, 6.45) is 1.66. The first-order chi connectivity index (χ1) is 8.55. The van der Waals surface area contributed by atoms with Crippen LogP contribution in [0.5, 0.6) is 0 Å². The van der Waals surface area contributed by atoms with E-state index in [1.54, 1.807) is 6.26 Å². The van der Waals surface area contributed by atoms with E-state index < -0.39 is 9.15 Å². The van der Waals surface area contributed by atoms with Crippen LogP contribution in [0.2, 0.25) is 0 Å². The molecular weight excluding hydrogens is 276 g/mol. The first kappa shape index (κ1) is 16.7. The van der Waals surface area contributed by atoms with Gasteiger partial charge in [-0.05, 0) is 54.3 Å². The van der Waals surface area contributed by atoms with Crippen LogP contribution in [0.15, 0.2) is 17.0 Å². The van der Waals surface area contributed by atoms with Crippen molar-refractivity contribution in [2.24, 2.45) is 0 Å². The SMILES string of the molecule is CC(C)c1cc(C(C)C)c([SH](C)(=O)Cl)c(C(C)C)c1. The number of hydrogen-bond donors (Lipinski definition) is 1. The average Bonchev–Trinajstić information content (AvgIpc) is 2.25. The topological polar surface area (TPSA) is 17.1 Å². The summed E-state index contributed by atoms with van der Waals surface area (Å²) in [5.74, 6) is 1.13. The lowest BCUT2D eigenvalue weighted by Crippen LogP contribution is -2.12. The number of rotatable bonds is 4. The van der Waals surface area contributed by atoms with E-state index >= 15 is 0 Å². The summed E-state index contributed by atoms with van der Waals surface area (Å²) in [7, 11) is 3.47. The highest BCUT2D eigenvalue weighted by atomic mass is 35.7. The minimum Gasteiger partial charge on any atom is -0.266 e. The third-order valence-corrected chi connectivity index (χ3v) is 5.32.